The molecule has 0 aliphatic heterocycles. The molecule has 42 heavy (non-hydrogen) atoms. The summed E-state index contributed by atoms with van der Waals surface area (Å²) in [5.74, 6) is 0. The molecule has 2 rings (SSSR count). The Morgan fingerprint density at radius 2 is 1.02 bits per heavy atom. The molecule has 23 N–H and O–H groups in total. The highest BCUT2D eigenvalue weighted by Crippen LogP contribution is 2.15. The van der Waals surface area contributed by atoms with Gasteiger partial charge in [-0.25, -0.2) is 19.8 Å². The van der Waals surface area contributed by atoms with Gasteiger partial charge in [-0.2, -0.15) is 4.67 Å². The second kappa shape index (κ2) is 97.1. The van der Waals surface area contributed by atoms with Gasteiger partial charge in [-0.05, 0) is 28.4 Å². The summed E-state index contributed by atoms with van der Waals surface area (Å²) in [5, 5.41) is 42.8. The van der Waals surface area contributed by atoms with E-state index in [1.807, 2.05) is 0 Å². The van der Waals surface area contributed by atoms with Crippen LogP contribution in [-0.4, -0.2) is 43.4 Å². The van der Waals surface area contributed by atoms with Crippen LogP contribution in [0.3, 0.4) is 0 Å². The lowest BCUT2D eigenvalue weighted by molar-refractivity contribution is -0.778. The normalized spacial score (nSPS) is 11.7. The van der Waals surface area contributed by atoms with Gasteiger partial charge in [-0.15, -0.1) is 4.67 Å². The molecule has 2 aliphatic rings. The van der Waals surface area contributed by atoms with Gasteiger partial charge in [0.2, 0.25) is 0 Å². The van der Waals surface area contributed by atoms with Gasteiger partial charge >= 0.3 is 25.2 Å². The molecule has 0 spiro atoms. The van der Waals surface area contributed by atoms with Crippen molar-refractivity contribution in [2.24, 2.45) is 0 Å². The molecule has 2 fully saturated rings. The SMILES string of the molecule is C.C1CCCCC1.N.N.O.O.O.O.O.O.O=POO[O-].O=[P+]([O-])OO.O=[P+]([O-])O[O-].[CH+]1CCCCC1.[HH].[HH].[HH].[HH].[O-]OPOO.[OH3+]. The highest BCUT2D eigenvalue weighted by atomic mass is 31.1. The maximum atomic E-state index is 8.95. The fourth-order valence-electron chi connectivity index (χ4n) is 1.99. The lowest BCUT2D eigenvalue weighted by atomic mass is 10.0. The molecule has 2 aliphatic carbocycles. The van der Waals surface area contributed by atoms with Crippen molar-refractivity contribution in [1.29, 1.82) is 0 Å². The van der Waals surface area contributed by atoms with Crippen molar-refractivity contribution < 1.29 is 122 Å². The van der Waals surface area contributed by atoms with Crippen LogP contribution in [0.2, 0.25) is 0 Å². The van der Waals surface area contributed by atoms with Crippen molar-refractivity contribution in [3.8, 4) is 0 Å². The molecule has 0 bridgehead atoms. The zero-order chi connectivity index (χ0) is 25.3. The Morgan fingerprint density at radius 1 is 0.738 bits per heavy atom. The number of hydrogen-bond acceptors (Lipinski definition) is 18. The Kier molecular flexibility index (Phi) is 208. The van der Waals surface area contributed by atoms with Gasteiger partial charge in [0.25, 0.3) is 0 Å². The summed E-state index contributed by atoms with van der Waals surface area (Å²) < 4.78 is 41.3. The molecule has 25 nitrogen and oxygen atoms in total. The maximum Gasteiger partial charge on any atom is 0.521 e. The molecular formula is C13H59N2O23P4-. The van der Waals surface area contributed by atoms with Crippen molar-refractivity contribution in [1.82, 2.24) is 12.3 Å². The molecule has 2 saturated carbocycles. The minimum atomic E-state index is -3.15. The van der Waals surface area contributed by atoms with Crippen LogP contribution in [0.1, 0.15) is 83.8 Å². The van der Waals surface area contributed by atoms with Gasteiger partial charge in [0, 0.05) is 10.4 Å². The highest BCUT2D eigenvalue weighted by Gasteiger charge is 2.04. The Balaban J connectivity index is -0.0000000121. The van der Waals surface area contributed by atoms with Gasteiger partial charge in [0.1, 0.15) is 0 Å². The predicted octanol–water partition coefficient (Wildman–Crippen LogP) is -2.95. The molecule has 0 aromatic carbocycles. The van der Waals surface area contributed by atoms with E-state index in [1.165, 1.54) is 70.6 Å². The van der Waals surface area contributed by atoms with Crippen molar-refractivity contribution in [2.75, 3.05) is 0 Å². The molecule has 0 amide bonds. The van der Waals surface area contributed by atoms with Crippen LogP contribution < -0.4 is 37.9 Å². The quantitative estimate of drug-likeness (QED) is 0.0696. The van der Waals surface area contributed by atoms with Crippen LogP contribution in [0.15, 0.2) is 0 Å². The van der Waals surface area contributed by atoms with Gasteiger partial charge in [0.05, 0.1) is 19.3 Å². The lowest BCUT2D eigenvalue weighted by Gasteiger charge is -2.05. The second-order valence-electron chi connectivity index (χ2n) is 5.13. The van der Waals surface area contributed by atoms with Crippen LogP contribution in [0.25, 0.3) is 0 Å². The van der Waals surface area contributed by atoms with E-state index in [1.54, 1.807) is 0 Å². The fourth-order valence-corrected chi connectivity index (χ4v) is 2.04. The highest BCUT2D eigenvalue weighted by molar-refractivity contribution is 7.30. The van der Waals surface area contributed by atoms with Crippen LogP contribution in [0.4, 0.5) is 0 Å². The third-order valence-electron chi connectivity index (χ3n) is 3.08. The Hall–Kier alpha value is -0.280. The largest absolute Gasteiger partial charge is 0.718 e. The topological polar surface area (TPSA) is 554 Å². The van der Waals surface area contributed by atoms with Gasteiger partial charge in [0.15, 0.2) is 9.03 Å². The smallest absolute Gasteiger partial charge is 0.521 e. The van der Waals surface area contributed by atoms with E-state index in [-0.39, 0.29) is 63.8 Å². The van der Waals surface area contributed by atoms with Gasteiger partial charge in [-0.1, -0.05) is 46.0 Å². The summed E-state index contributed by atoms with van der Waals surface area (Å²) in [4.78, 5) is 17.8. The van der Waals surface area contributed by atoms with Crippen LogP contribution in [0.5, 0.6) is 0 Å². The molecule has 3 atom stereocenters. The molecule has 0 aromatic heterocycles. The van der Waals surface area contributed by atoms with E-state index >= 15 is 0 Å². The molecule has 0 radical (unpaired) electrons. The maximum absolute atomic E-state index is 8.95. The summed E-state index contributed by atoms with van der Waals surface area (Å²) in [7, 11) is -7.75. The zero-order valence-electron chi connectivity index (χ0n) is 21.8. The second-order valence-corrected chi connectivity index (χ2v) is 7.15. The van der Waals surface area contributed by atoms with E-state index in [0.717, 1.165) is 0 Å². The van der Waals surface area contributed by atoms with Crippen molar-refractivity contribution >= 4 is 34.2 Å². The first-order valence-electron chi connectivity index (χ1n) is 8.72. The average molecular weight is 736 g/mol. The average Bonchev–Trinajstić information content (AvgIpc) is 2.84. The molecular weight excluding hydrogens is 676 g/mol. The van der Waals surface area contributed by atoms with E-state index in [4.69, 9.17) is 49.8 Å². The van der Waals surface area contributed by atoms with E-state index in [9.17, 15) is 0 Å². The summed E-state index contributed by atoms with van der Waals surface area (Å²) in [6.07, 6.45) is 18.5. The molecule has 29 heteroatoms. The van der Waals surface area contributed by atoms with Crippen molar-refractivity contribution in [2.45, 2.75) is 78.1 Å². The number of rotatable bonds is 6. The Bertz CT molecular complexity index is 361. The monoisotopic (exact) mass is 735 g/mol. The van der Waals surface area contributed by atoms with Crippen LogP contribution >= 0.6 is 34.2 Å². The van der Waals surface area contributed by atoms with Crippen LogP contribution in [0, 0.1) is 6.42 Å². The Labute approximate surface area is 254 Å². The summed E-state index contributed by atoms with van der Waals surface area (Å²) >= 11 is 0. The standard InChI is InChI=1S/C6H12.C6H11.CH4.2H3N.3HO4P.H3O4P.7H2O.4H2/c2*1-2-4-6-5-3-1;;;;2*1-4-5(2)3;1-3-4-5-2;1-3-5-4-2;;;;;;;;;;;/h1-6H2;1H,2-6H2;1H4;2*1H3;3*1H;1-2,5H;7*1H2;4*1H/q;+1;;;;;;;;;;;;;;;;;;/p-2. The summed E-state index contributed by atoms with van der Waals surface area (Å²) in [6.45, 7) is 0. The predicted molar refractivity (Wildman–Crippen MR) is 150 cm³/mol. The van der Waals surface area contributed by atoms with E-state index in [0.29, 0.717) is 0 Å². The Morgan fingerprint density at radius 3 is 1.07 bits per heavy atom. The van der Waals surface area contributed by atoms with Crippen LogP contribution in [-0.2, 0) is 47.6 Å². The van der Waals surface area contributed by atoms with Crippen molar-refractivity contribution in [3.05, 3.63) is 6.42 Å². The molecule has 0 saturated heterocycles. The molecule has 3 unspecified atom stereocenters. The minimum absolute atomic E-state index is 0. The van der Waals surface area contributed by atoms with Gasteiger partial charge in [-0.3, -0.25) is 5.04 Å². The fraction of sp³-hybridized carbons (Fsp3) is 0.923. The summed E-state index contributed by atoms with van der Waals surface area (Å²) in [6, 6.07) is 0. The van der Waals surface area contributed by atoms with Crippen molar-refractivity contribution in [3.63, 3.8) is 0 Å². The molecule has 0 aromatic rings. The first kappa shape index (κ1) is 90.0. The first-order chi connectivity index (χ1) is 15.4. The summed E-state index contributed by atoms with van der Waals surface area (Å²) in [5.41, 5.74) is 0. The number of hydrogen-bond donors (Lipinski definition) is 4. The minimum Gasteiger partial charge on any atom is -0.718 e. The zero-order valence-corrected chi connectivity index (χ0v) is 25.5. The lowest BCUT2D eigenvalue weighted by Crippen LogP contribution is -2.01. The third-order valence-corrected chi connectivity index (χ3v) is 3.60. The third kappa shape index (κ3) is 153. The molecule has 280 valence electrons. The van der Waals surface area contributed by atoms with Gasteiger partial charge < -0.3 is 80.9 Å². The molecule has 0 heterocycles. The van der Waals surface area contributed by atoms with E-state index in [2.05, 4.69) is 34.8 Å². The first-order valence-corrected chi connectivity index (χ1v) is 12.5. The van der Waals surface area contributed by atoms with E-state index < -0.39 is 34.2 Å².